The Bertz CT molecular complexity index is 1230. The van der Waals surface area contributed by atoms with Crippen LogP contribution in [0.1, 0.15) is 75.8 Å². The van der Waals surface area contributed by atoms with Crippen molar-refractivity contribution in [2.24, 2.45) is 5.92 Å². The quantitative estimate of drug-likeness (QED) is 0.623. The number of fused-ring (bicyclic) bond motifs is 1. The number of halogens is 1. The van der Waals surface area contributed by atoms with E-state index in [2.05, 4.69) is 5.32 Å². The molecule has 1 saturated heterocycles. The number of carbonyl (C=O) groups is 2. The van der Waals surface area contributed by atoms with E-state index in [-0.39, 0.29) is 23.6 Å². The Morgan fingerprint density at radius 3 is 2.51 bits per heavy atom. The van der Waals surface area contributed by atoms with Crippen LogP contribution in [0, 0.1) is 11.7 Å². The van der Waals surface area contributed by atoms with Crippen molar-refractivity contribution >= 4 is 28.7 Å². The molecule has 2 aliphatic rings. The maximum Gasteiger partial charge on any atom is 0.407 e. The number of amides is 1. The second-order valence-corrected chi connectivity index (χ2v) is 10.7. The molecule has 0 bridgehead atoms. The Labute approximate surface area is 204 Å². The number of hydrogen-bond acceptors (Lipinski definition) is 5. The zero-order valence-electron chi connectivity index (χ0n) is 21.0. The first-order valence-corrected chi connectivity index (χ1v) is 12.3. The largest absolute Gasteiger partial charge is 0.477 e. The molecule has 1 unspecified atom stereocenters. The third-order valence-electron chi connectivity index (χ3n) is 6.83. The van der Waals surface area contributed by atoms with Crippen LogP contribution >= 0.6 is 0 Å². The SMILES string of the molecule is CCc1c(N2CCC([C@H](C)NC(=O)OC(C)(C)C)C2)c(F)cc2cc(C(=O)O)c(=O)n(C3CC3)c12. The number of aromatic carboxylic acids is 1. The topological polar surface area (TPSA) is 101 Å². The Morgan fingerprint density at radius 2 is 1.94 bits per heavy atom. The van der Waals surface area contributed by atoms with Crippen LogP contribution in [0.2, 0.25) is 0 Å². The van der Waals surface area contributed by atoms with E-state index in [4.69, 9.17) is 4.74 Å². The summed E-state index contributed by atoms with van der Waals surface area (Å²) < 4.78 is 22.5. The molecule has 1 amide bonds. The minimum atomic E-state index is -1.30. The third-order valence-corrected chi connectivity index (χ3v) is 6.83. The Balaban J connectivity index is 1.69. The predicted octanol–water partition coefficient (Wildman–Crippen LogP) is 4.48. The lowest BCUT2D eigenvalue weighted by Gasteiger charge is -2.27. The highest BCUT2D eigenvalue weighted by Gasteiger charge is 2.34. The van der Waals surface area contributed by atoms with Gasteiger partial charge in [0, 0.05) is 36.1 Å². The summed E-state index contributed by atoms with van der Waals surface area (Å²) in [5.74, 6) is -1.63. The van der Waals surface area contributed by atoms with Crippen LogP contribution < -0.4 is 15.8 Å². The smallest absolute Gasteiger partial charge is 0.407 e. The van der Waals surface area contributed by atoms with E-state index >= 15 is 4.39 Å². The number of ether oxygens (including phenoxy) is 1. The zero-order valence-corrected chi connectivity index (χ0v) is 21.0. The van der Waals surface area contributed by atoms with Crippen molar-refractivity contribution in [3.05, 3.63) is 39.4 Å². The number of hydrogen-bond donors (Lipinski definition) is 2. The summed E-state index contributed by atoms with van der Waals surface area (Å²) in [6.07, 6.45) is 2.39. The van der Waals surface area contributed by atoms with Crippen molar-refractivity contribution in [3.63, 3.8) is 0 Å². The fourth-order valence-electron chi connectivity index (χ4n) is 5.07. The van der Waals surface area contributed by atoms with Gasteiger partial charge >= 0.3 is 12.1 Å². The molecule has 2 fully saturated rings. The van der Waals surface area contributed by atoms with E-state index < -0.39 is 29.0 Å². The van der Waals surface area contributed by atoms with Crippen LogP contribution in [0.15, 0.2) is 16.9 Å². The fraction of sp³-hybridized carbons (Fsp3) is 0.577. The molecule has 2 aromatic rings. The number of pyridine rings is 1. The van der Waals surface area contributed by atoms with Crippen molar-refractivity contribution in [2.75, 3.05) is 18.0 Å². The summed E-state index contributed by atoms with van der Waals surface area (Å²) in [5, 5.41) is 12.9. The number of carbonyl (C=O) groups excluding carboxylic acids is 1. The fourth-order valence-corrected chi connectivity index (χ4v) is 5.07. The van der Waals surface area contributed by atoms with Gasteiger partial charge in [0.1, 0.15) is 17.0 Å². The summed E-state index contributed by atoms with van der Waals surface area (Å²) in [5.41, 5.74) is 0.354. The Morgan fingerprint density at radius 1 is 1.26 bits per heavy atom. The van der Waals surface area contributed by atoms with Gasteiger partial charge in [-0.05, 0) is 71.4 Å². The van der Waals surface area contributed by atoms with E-state index in [1.165, 1.54) is 12.1 Å². The molecule has 2 atom stereocenters. The second-order valence-electron chi connectivity index (χ2n) is 10.7. The van der Waals surface area contributed by atoms with E-state index in [9.17, 15) is 19.5 Å². The van der Waals surface area contributed by atoms with Gasteiger partial charge in [0.25, 0.3) is 5.56 Å². The number of nitrogens with zero attached hydrogens (tertiary/aromatic N) is 2. The first kappa shape index (κ1) is 25.0. The number of rotatable bonds is 6. The first-order chi connectivity index (χ1) is 16.4. The molecule has 35 heavy (non-hydrogen) atoms. The highest BCUT2D eigenvalue weighted by atomic mass is 19.1. The Hall–Kier alpha value is -3.10. The molecule has 9 heteroatoms. The maximum atomic E-state index is 15.6. The minimum absolute atomic E-state index is 0.0581. The van der Waals surface area contributed by atoms with Crippen LogP contribution in [-0.4, -0.2) is 46.5 Å². The molecular weight excluding hydrogens is 453 g/mol. The first-order valence-electron chi connectivity index (χ1n) is 12.3. The van der Waals surface area contributed by atoms with Crippen molar-refractivity contribution in [1.29, 1.82) is 0 Å². The van der Waals surface area contributed by atoms with Gasteiger partial charge in [-0.15, -0.1) is 0 Å². The average molecular weight is 488 g/mol. The van der Waals surface area contributed by atoms with Gasteiger partial charge in [0.15, 0.2) is 0 Å². The van der Waals surface area contributed by atoms with Gasteiger partial charge in [-0.1, -0.05) is 6.92 Å². The van der Waals surface area contributed by atoms with Crippen molar-refractivity contribution in [3.8, 4) is 0 Å². The van der Waals surface area contributed by atoms with Gasteiger partial charge in [-0.3, -0.25) is 4.79 Å². The lowest BCUT2D eigenvalue weighted by molar-refractivity contribution is 0.0494. The normalized spacial score (nSPS) is 19.1. The number of anilines is 1. The number of aryl methyl sites for hydroxylation is 1. The monoisotopic (exact) mass is 487 g/mol. The van der Waals surface area contributed by atoms with E-state index in [0.717, 1.165) is 19.3 Å². The van der Waals surface area contributed by atoms with E-state index in [1.807, 2.05) is 39.5 Å². The molecule has 1 aromatic carbocycles. The van der Waals surface area contributed by atoms with Gasteiger partial charge in [-0.25, -0.2) is 14.0 Å². The molecule has 0 radical (unpaired) electrons. The highest BCUT2D eigenvalue weighted by molar-refractivity contribution is 5.95. The van der Waals surface area contributed by atoms with Crippen LogP contribution in [0.5, 0.6) is 0 Å². The molecule has 2 N–H and O–H groups in total. The molecule has 1 aliphatic heterocycles. The molecule has 190 valence electrons. The lowest BCUT2D eigenvalue weighted by Crippen LogP contribution is -2.42. The molecule has 8 nitrogen and oxygen atoms in total. The van der Waals surface area contributed by atoms with Crippen LogP contribution in [0.4, 0.5) is 14.9 Å². The standard InChI is InChI=1S/C26H34FN3O5/c1-6-18-21-16(11-19(24(32)33)23(31)30(21)17-7-8-17)12-20(27)22(18)29-10-9-15(13-29)14(2)28-25(34)35-26(3,4)5/h11-12,14-15,17H,6-10,13H2,1-5H3,(H,28,34)(H,32,33)/t14-,15?/m0/s1. The van der Waals surface area contributed by atoms with Crippen LogP contribution in [0.3, 0.4) is 0 Å². The summed E-state index contributed by atoms with van der Waals surface area (Å²) in [4.78, 5) is 38.9. The predicted molar refractivity (Wildman–Crippen MR) is 132 cm³/mol. The minimum Gasteiger partial charge on any atom is -0.477 e. The summed E-state index contributed by atoms with van der Waals surface area (Å²) in [7, 11) is 0. The molecule has 0 spiro atoms. The highest BCUT2D eigenvalue weighted by Crippen LogP contribution is 2.41. The van der Waals surface area contributed by atoms with Crippen molar-refractivity contribution < 1.29 is 23.8 Å². The van der Waals surface area contributed by atoms with Crippen molar-refractivity contribution in [1.82, 2.24) is 9.88 Å². The summed E-state index contributed by atoms with van der Waals surface area (Å²) in [6.45, 7) is 10.4. The van der Waals surface area contributed by atoms with Crippen LogP contribution in [0.25, 0.3) is 10.9 Å². The maximum absolute atomic E-state index is 15.6. The zero-order chi connectivity index (χ0) is 25.7. The lowest BCUT2D eigenvalue weighted by atomic mass is 10.00. The number of carboxylic acids is 1. The van der Waals surface area contributed by atoms with E-state index in [0.29, 0.717) is 41.7 Å². The van der Waals surface area contributed by atoms with E-state index in [1.54, 1.807) is 4.57 Å². The molecule has 4 rings (SSSR count). The van der Waals surface area contributed by atoms with Crippen LogP contribution in [-0.2, 0) is 11.2 Å². The third kappa shape index (κ3) is 4.99. The van der Waals surface area contributed by atoms with Gasteiger partial charge in [-0.2, -0.15) is 0 Å². The van der Waals surface area contributed by atoms with Gasteiger partial charge < -0.3 is 24.6 Å². The van der Waals surface area contributed by atoms with Crippen molar-refractivity contribution in [2.45, 2.75) is 78.0 Å². The summed E-state index contributed by atoms with van der Waals surface area (Å²) in [6, 6.07) is 2.43. The number of benzene rings is 1. The molecular formula is C26H34FN3O5. The second kappa shape index (κ2) is 9.17. The molecule has 1 aliphatic carbocycles. The van der Waals surface area contributed by atoms with Gasteiger partial charge in [0.2, 0.25) is 0 Å². The molecule has 2 heterocycles. The number of nitrogens with one attached hydrogen (secondary N) is 1. The number of carboxylic acid groups (broad SMARTS) is 1. The van der Waals surface area contributed by atoms with Gasteiger partial charge in [0.05, 0.1) is 11.2 Å². The Kier molecular flexibility index (Phi) is 6.55. The number of alkyl carbamates (subject to hydrolysis) is 1. The average Bonchev–Trinajstić information content (AvgIpc) is 3.46. The number of aromatic nitrogens is 1. The summed E-state index contributed by atoms with van der Waals surface area (Å²) >= 11 is 0. The molecule has 1 saturated carbocycles. The molecule has 1 aromatic heterocycles.